The molecular weight excluding hydrogens is 419 g/mol. The minimum atomic E-state index is -1.01. The number of alkyl halides is 1. The molecule has 4 heteroatoms. The van der Waals surface area contributed by atoms with Gasteiger partial charge in [-0.05, 0) is 29.8 Å². The molecule has 1 aliphatic carbocycles. The fourth-order valence-electron chi connectivity index (χ4n) is 3.82. The molecule has 158 valence electrons. The summed E-state index contributed by atoms with van der Waals surface area (Å²) in [6.45, 7) is 4.48. The van der Waals surface area contributed by atoms with E-state index in [2.05, 4.69) is 103 Å². The molecule has 0 heterocycles. The van der Waals surface area contributed by atoms with Gasteiger partial charge in [-0.15, -0.1) is 0 Å². The van der Waals surface area contributed by atoms with Crippen molar-refractivity contribution in [2.24, 2.45) is 0 Å². The highest BCUT2D eigenvalue weighted by atomic mass is 31.2. The molecule has 3 aromatic carbocycles. The Morgan fingerprint density at radius 3 is 1.61 bits per heavy atom. The van der Waals surface area contributed by atoms with Crippen LogP contribution in [-0.4, -0.2) is 16.7 Å². The smallest absolute Gasteiger partial charge is 0.130 e. The monoisotopic (exact) mass is 447 g/mol. The molecule has 0 saturated carbocycles. The lowest BCUT2D eigenvalue weighted by Gasteiger charge is -2.43. The van der Waals surface area contributed by atoms with Crippen molar-refractivity contribution in [2.45, 2.75) is 32.5 Å². The van der Waals surface area contributed by atoms with Crippen molar-refractivity contribution in [3.05, 3.63) is 115 Å². The summed E-state index contributed by atoms with van der Waals surface area (Å²) in [6.07, 6.45) is 5.49. The Hall–Kier alpha value is -2.11. The van der Waals surface area contributed by atoms with E-state index < -0.39 is 22.3 Å². The quantitative estimate of drug-likeness (QED) is 0.367. The van der Waals surface area contributed by atoms with Gasteiger partial charge in [-0.25, -0.2) is 8.83 Å². The third-order valence-corrected chi connectivity index (χ3v) is 11.3. The van der Waals surface area contributed by atoms with Crippen LogP contribution in [0.4, 0.5) is 4.39 Å². The summed E-state index contributed by atoms with van der Waals surface area (Å²) in [5.74, 6) is 0. The van der Waals surface area contributed by atoms with Gasteiger partial charge in [-0.3, -0.25) is 0 Å². The third kappa shape index (κ3) is 5.04. The normalized spacial score (nSPS) is 17.2. The van der Waals surface area contributed by atoms with E-state index in [1.807, 2.05) is 24.3 Å². The van der Waals surface area contributed by atoms with E-state index in [4.69, 9.17) is 0 Å². The molecule has 0 aromatic heterocycles. The standard InChI is InChI=1S/C27H28FNP2/c1-22(2)29(30(23-14-6-3-7-15-23)24-16-8-4-9-17-24)31(25-18-10-5-11-19-25)27-21-13-12-20-26(27)28/h3-19,21-22,26H,20H2,1-2H3. The first-order chi connectivity index (χ1) is 15.2. The molecule has 0 bridgehead atoms. The predicted octanol–water partition coefficient (Wildman–Crippen LogP) is 6.65. The van der Waals surface area contributed by atoms with Crippen molar-refractivity contribution < 1.29 is 4.39 Å². The number of hydrogen-bond donors (Lipinski definition) is 0. The van der Waals surface area contributed by atoms with E-state index >= 15 is 4.39 Å². The topological polar surface area (TPSA) is 3.24 Å². The Bertz CT molecular complexity index is 979. The first kappa shape index (κ1) is 22.1. The SMILES string of the molecule is CC(C)N(P(C1=CC=CCC1F)c1ccccc1)P(c1ccccc1)c1ccccc1. The lowest BCUT2D eigenvalue weighted by Crippen LogP contribution is -2.34. The average Bonchev–Trinajstić information content (AvgIpc) is 2.81. The summed E-state index contributed by atoms with van der Waals surface area (Å²) >= 11 is 0. The first-order valence-corrected chi connectivity index (χ1v) is 13.3. The molecule has 0 N–H and O–H groups in total. The zero-order valence-electron chi connectivity index (χ0n) is 18.0. The Balaban J connectivity index is 1.92. The van der Waals surface area contributed by atoms with Gasteiger partial charge in [0.1, 0.15) is 6.17 Å². The van der Waals surface area contributed by atoms with E-state index in [1.54, 1.807) is 0 Å². The minimum Gasteiger partial charge on any atom is -0.242 e. The molecular formula is C27H28FNP2. The Morgan fingerprint density at radius 1 is 0.742 bits per heavy atom. The summed E-state index contributed by atoms with van der Waals surface area (Å²) in [5, 5.41) is 4.71. The predicted molar refractivity (Wildman–Crippen MR) is 136 cm³/mol. The van der Waals surface area contributed by atoms with Crippen LogP contribution in [0.5, 0.6) is 0 Å². The highest BCUT2D eigenvalue weighted by molar-refractivity contribution is 7.83. The molecule has 1 aliphatic rings. The number of halogens is 1. The van der Waals surface area contributed by atoms with Crippen LogP contribution in [0.25, 0.3) is 0 Å². The van der Waals surface area contributed by atoms with Crippen LogP contribution in [0, 0.1) is 0 Å². The van der Waals surface area contributed by atoms with Crippen LogP contribution >= 0.6 is 16.1 Å². The molecule has 31 heavy (non-hydrogen) atoms. The van der Waals surface area contributed by atoms with Gasteiger partial charge in [0, 0.05) is 33.9 Å². The van der Waals surface area contributed by atoms with E-state index in [1.165, 1.54) is 15.9 Å². The largest absolute Gasteiger partial charge is 0.242 e. The van der Waals surface area contributed by atoms with Crippen molar-refractivity contribution in [1.82, 2.24) is 4.44 Å². The summed E-state index contributed by atoms with van der Waals surface area (Å²) < 4.78 is 18.0. The highest BCUT2D eigenvalue weighted by Crippen LogP contribution is 2.62. The Morgan fingerprint density at radius 2 is 1.19 bits per heavy atom. The fourth-order valence-corrected chi connectivity index (χ4v) is 10.2. The molecule has 0 amide bonds. The Kier molecular flexibility index (Phi) is 7.46. The minimum absolute atomic E-state index is 0.247. The van der Waals surface area contributed by atoms with Crippen LogP contribution in [-0.2, 0) is 0 Å². The molecule has 1 nitrogen and oxygen atoms in total. The van der Waals surface area contributed by atoms with Crippen molar-refractivity contribution in [2.75, 3.05) is 0 Å². The Labute approximate surface area is 187 Å². The van der Waals surface area contributed by atoms with Gasteiger partial charge in [0.05, 0.1) is 0 Å². The molecule has 0 fully saturated rings. The maximum Gasteiger partial charge on any atom is 0.130 e. The number of allylic oxidation sites excluding steroid dienone is 4. The van der Waals surface area contributed by atoms with Gasteiger partial charge in [-0.1, -0.05) is 109 Å². The van der Waals surface area contributed by atoms with Gasteiger partial charge in [0.2, 0.25) is 0 Å². The summed E-state index contributed by atoms with van der Waals surface area (Å²) in [6, 6.07) is 32.2. The fraction of sp³-hybridized carbons (Fsp3) is 0.185. The first-order valence-electron chi connectivity index (χ1n) is 10.7. The van der Waals surface area contributed by atoms with Gasteiger partial charge < -0.3 is 0 Å². The molecule has 0 saturated heterocycles. The molecule has 2 atom stereocenters. The van der Waals surface area contributed by atoms with Crippen LogP contribution in [0.1, 0.15) is 20.3 Å². The number of benzene rings is 3. The number of nitrogens with zero attached hydrogens (tertiary/aromatic N) is 1. The van der Waals surface area contributed by atoms with E-state index in [0.29, 0.717) is 6.42 Å². The molecule has 2 unspecified atom stereocenters. The second-order valence-corrected chi connectivity index (χ2v) is 12.3. The number of hydrogen-bond acceptors (Lipinski definition) is 1. The van der Waals surface area contributed by atoms with E-state index in [9.17, 15) is 0 Å². The molecule has 0 radical (unpaired) electrons. The third-order valence-electron chi connectivity index (χ3n) is 5.19. The lowest BCUT2D eigenvalue weighted by molar-refractivity contribution is 0.393. The zero-order valence-corrected chi connectivity index (χ0v) is 19.8. The van der Waals surface area contributed by atoms with Crippen molar-refractivity contribution >= 4 is 32.1 Å². The van der Waals surface area contributed by atoms with Crippen LogP contribution in [0.15, 0.2) is 115 Å². The zero-order chi connectivity index (χ0) is 21.6. The molecule has 0 spiro atoms. The van der Waals surface area contributed by atoms with Crippen LogP contribution in [0.3, 0.4) is 0 Å². The van der Waals surface area contributed by atoms with Crippen LogP contribution < -0.4 is 15.9 Å². The van der Waals surface area contributed by atoms with E-state index in [0.717, 1.165) is 5.31 Å². The highest BCUT2D eigenvalue weighted by Gasteiger charge is 2.37. The van der Waals surface area contributed by atoms with Gasteiger partial charge in [0.15, 0.2) is 0 Å². The summed E-state index contributed by atoms with van der Waals surface area (Å²) in [7, 11) is -1.84. The molecule has 3 aromatic rings. The number of rotatable bonds is 7. The van der Waals surface area contributed by atoms with Crippen molar-refractivity contribution in [3.63, 3.8) is 0 Å². The van der Waals surface area contributed by atoms with Gasteiger partial charge in [-0.2, -0.15) is 0 Å². The summed E-state index contributed by atoms with van der Waals surface area (Å²) in [5.41, 5.74) is 0. The lowest BCUT2D eigenvalue weighted by atomic mass is 10.2. The maximum absolute atomic E-state index is 15.4. The maximum atomic E-state index is 15.4. The van der Waals surface area contributed by atoms with Crippen molar-refractivity contribution in [1.29, 1.82) is 0 Å². The average molecular weight is 447 g/mol. The van der Waals surface area contributed by atoms with Gasteiger partial charge >= 0.3 is 0 Å². The second kappa shape index (κ2) is 10.5. The van der Waals surface area contributed by atoms with E-state index in [-0.39, 0.29) is 6.04 Å². The van der Waals surface area contributed by atoms with Crippen molar-refractivity contribution in [3.8, 4) is 0 Å². The van der Waals surface area contributed by atoms with Crippen LogP contribution in [0.2, 0.25) is 0 Å². The second-order valence-electron chi connectivity index (χ2n) is 7.77. The van der Waals surface area contributed by atoms with Gasteiger partial charge in [0.25, 0.3) is 0 Å². The molecule has 4 rings (SSSR count). The molecule has 0 aliphatic heterocycles. The summed E-state index contributed by atoms with van der Waals surface area (Å²) in [4.78, 5) is 0.